The summed E-state index contributed by atoms with van der Waals surface area (Å²) in [6.45, 7) is 18.6. The van der Waals surface area contributed by atoms with Crippen LogP contribution in [0.2, 0.25) is 0 Å². The number of carbonyl (C=O) groups excluding carboxylic acids is 1. The van der Waals surface area contributed by atoms with Crippen LogP contribution < -0.4 is 0 Å². The molecule has 0 aromatic carbocycles. The highest BCUT2D eigenvalue weighted by Crippen LogP contribution is 2.78. The Morgan fingerprint density at radius 2 is 1.51 bits per heavy atom. The minimum atomic E-state index is -0.942. The van der Waals surface area contributed by atoms with Crippen LogP contribution in [0.1, 0.15) is 126 Å². The molecule has 5 aliphatic carbocycles. The van der Waals surface area contributed by atoms with Crippen LogP contribution >= 0.6 is 0 Å². The Morgan fingerprint density at radius 3 is 2.23 bits per heavy atom. The zero-order chi connectivity index (χ0) is 28.2. The lowest BCUT2D eigenvalue weighted by atomic mass is 9.31. The zero-order valence-corrected chi connectivity index (χ0v) is 25.7. The zero-order valence-electron chi connectivity index (χ0n) is 25.7. The van der Waals surface area contributed by atoms with E-state index in [0.29, 0.717) is 34.2 Å². The molecule has 5 nitrogen and oxygen atoms in total. The van der Waals surface area contributed by atoms with Gasteiger partial charge >= 0.3 is 11.9 Å². The number of aliphatic carboxylic acids is 1. The molecule has 10 atom stereocenters. The third-order valence-electron chi connectivity index (χ3n) is 14.9. The van der Waals surface area contributed by atoms with E-state index in [9.17, 15) is 9.59 Å². The quantitative estimate of drug-likeness (QED) is 0.369. The van der Waals surface area contributed by atoms with Crippen LogP contribution in [0.25, 0.3) is 0 Å². The van der Waals surface area contributed by atoms with Crippen molar-refractivity contribution in [2.75, 3.05) is 6.61 Å². The molecule has 1 aliphatic heterocycles. The van der Waals surface area contributed by atoms with Crippen LogP contribution in [0.15, 0.2) is 0 Å². The molecule has 5 heteroatoms. The average Bonchev–Trinajstić information content (AvgIpc) is 3.19. The summed E-state index contributed by atoms with van der Waals surface area (Å²) in [6, 6.07) is 0. The standard InChI is InChI=1S/C34H54O5/c1-29(2)16-18-34-19-17-32(6)21(27(34)28(29)38-20-34)8-9-23-31(5)14-13-24(39-26(37)11-10-25(35)36)30(3,4)22(31)12-15-33(23,32)7/h21-24,27-28H,8-20H2,1-7H3,(H,35,36)/t21-,22-,23-,24-,27-,28+,31+,32-,33-,34-/m1/s1. The summed E-state index contributed by atoms with van der Waals surface area (Å²) in [4.78, 5) is 23.5. The third-order valence-corrected chi connectivity index (χ3v) is 14.9. The van der Waals surface area contributed by atoms with Crippen LogP contribution in [0.5, 0.6) is 0 Å². The van der Waals surface area contributed by atoms with Gasteiger partial charge in [-0.2, -0.15) is 0 Å². The smallest absolute Gasteiger partial charge is 0.306 e. The van der Waals surface area contributed by atoms with E-state index in [4.69, 9.17) is 14.6 Å². The molecule has 39 heavy (non-hydrogen) atoms. The van der Waals surface area contributed by atoms with Gasteiger partial charge in [0.1, 0.15) is 6.10 Å². The highest BCUT2D eigenvalue weighted by Gasteiger charge is 2.72. The van der Waals surface area contributed by atoms with Crippen molar-refractivity contribution >= 4 is 11.9 Å². The topological polar surface area (TPSA) is 72.8 Å². The number of rotatable bonds is 4. The molecule has 0 amide bonds. The van der Waals surface area contributed by atoms with E-state index < -0.39 is 5.97 Å². The Balaban J connectivity index is 1.27. The molecule has 0 aromatic rings. The monoisotopic (exact) mass is 542 g/mol. The van der Waals surface area contributed by atoms with E-state index in [1.807, 2.05) is 0 Å². The summed E-state index contributed by atoms with van der Waals surface area (Å²) in [5.41, 5.74) is 1.52. The average molecular weight is 543 g/mol. The Kier molecular flexibility index (Phi) is 6.26. The first-order chi connectivity index (χ1) is 18.1. The fourth-order valence-electron chi connectivity index (χ4n) is 12.6. The molecule has 6 rings (SSSR count). The van der Waals surface area contributed by atoms with E-state index in [0.717, 1.165) is 31.3 Å². The second-order valence-corrected chi connectivity index (χ2v) is 17.0. The number of carbonyl (C=O) groups is 2. The van der Waals surface area contributed by atoms with E-state index in [1.54, 1.807) is 0 Å². The summed E-state index contributed by atoms with van der Waals surface area (Å²) in [7, 11) is 0. The molecule has 1 saturated heterocycles. The number of hydrogen-bond acceptors (Lipinski definition) is 4. The van der Waals surface area contributed by atoms with Gasteiger partial charge in [-0.3, -0.25) is 9.59 Å². The number of ether oxygens (including phenoxy) is 2. The Morgan fingerprint density at radius 1 is 0.795 bits per heavy atom. The number of hydrogen-bond donors (Lipinski definition) is 1. The van der Waals surface area contributed by atoms with Crippen molar-refractivity contribution in [2.24, 2.45) is 56.2 Å². The lowest BCUT2D eigenvalue weighted by molar-refractivity contribution is -0.254. The maximum absolute atomic E-state index is 12.5. The molecule has 6 aliphatic rings. The summed E-state index contributed by atoms with van der Waals surface area (Å²) >= 11 is 0. The molecule has 220 valence electrons. The number of fused-ring (bicyclic) bond motifs is 5. The van der Waals surface area contributed by atoms with Crippen molar-refractivity contribution in [3.8, 4) is 0 Å². The Bertz CT molecular complexity index is 1030. The van der Waals surface area contributed by atoms with Gasteiger partial charge in [0.2, 0.25) is 0 Å². The second-order valence-electron chi connectivity index (χ2n) is 17.0. The molecule has 1 N–H and O–H groups in total. The molecular weight excluding hydrogens is 488 g/mol. The third kappa shape index (κ3) is 3.72. The van der Waals surface area contributed by atoms with Gasteiger partial charge in [0.05, 0.1) is 25.6 Å². The van der Waals surface area contributed by atoms with Gasteiger partial charge in [0.15, 0.2) is 0 Å². The maximum Gasteiger partial charge on any atom is 0.306 e. The van der Waals surface area contributed by atoms with E-state index >= 15 is 0 Å². The first-order valence-corrected chi connectivity index (χ1v) is 16.1. The summed E-state index contributed by atoms with van der Waals surface area (Å²) in [5.74, 6) is 1.40. The van der Waals surface area contributed by atoms with Crippen LogP contribution in [0.4, 0.5) is 0 Å². The molecule has 1 heterocycles. The minimum absolute atomic E-state index is 0.0333. The molecule has 0 spiro atoms. The molecule has 0 radical (unpaired) electrons. The van der Waals surface area contributed by atoms with Crippen molar-refractivity contribution in [3.05, 3.63) is 0 Å². The first kappa shape index (κ1) is 28.0. The van der Waals surface area contributed by atoms with Gasteiger partial charge < -0.3 is 14.6 Å². The number of esters is 1. The van der Waals surface area contributed by atoms with E-state index in [1.165, 1.54) is 51.4 Å². The van der Waals surface area contributed by atoms with E-state index in [2.05, 4.69) is 48.5 Å². The molecule has 5 saturated carbocycles. The van der Waals surface area contributed by atoms with Crippen molar-refractivity contribution in [1.82, 2.24) is 0 Å². The summed E-state index contributed by atoms with van der Waals surface area (Å²) in [6.07, 6.45) is 12.6. The predicted octanol–water partition coefficient (Wildman–Crippen LogP) is 7.65. The highest BCUT2D eigenvalue weighted by atomic mass is 16.5. The molecular formula is C34H54O5. The largest absolute Gasteiger partial charge is 0.481 e. The SMILES string of the molecule is CC1(C)CC[C@]23CC[C@]4(C)[C@H](CC[C@@H]5[C@@]6(C)CC[C@@H](OC(=O)CCC(=O)O)C(C)(C)[C@H]6CC[C@]54C)[C@@H]2[C@@H]1OC3. The fourth-order valence-corrected chi connectivity index (χ4v) is 12.6. The lowest BCUT2D eigenvalue weighted by Crippen LogP contribution is -2.67. The van der Waals surface area contributed by atoms with Crippen molar-refractivity contribution < 1.29 is 24.2 Å². The lowest BCUT2D eigenvalue weighted by Gasteiger charge is -2.73. The molecule has 6 fully saturated rings. The van der Waals surface area contributed by atoms with Crippen molar-refractivity contribution in [3.63, 3.8) is 0 Å². The fraction of sp³-hybridized carbons (Fsp3) is 0.941. The van der Waals surface area contributed by atoms with Gasteiger partial charge in [-0.25, -0.2) is 0 Å². The Labute approximate surface area is 236 Å². The van der Waals surface area contributed by atoms with Crippen molar-refractivity contribution in [2.45, 2.75) is 138 Å². The van der Waals surface area contributed by atoms with Crippen LogP contribution in [0.3, 0.4) is 0 Å². The van der Waals surface area contributed by atoms with Gasteiger partial charge in [-0.05, 0) is 115 Å². The van der Waals surface area contributed by atoms with Crippen LogP contribution in [-0.2, 0) is 19.1 Å². The minimum Gasteiger partial charge on any atom is -0.481 e. The maximum atomic E-state index is 12.5. The van der Waals surface area contributed by atoms with Gasteiger partial charge in [-0.15, -0.1) is 0 Å². The van der Waals surface area contributed by atoms with E-state index in [-0.39, 0.29) is 41.2 Å². The normalized spacial score (nSPS) is 51.1. The van der Waals surface area contributed by atoms with Crippen molar-refractivity contribution in [1.29, 1.82) is 0 Å². The molecule has 2 bridgehead atoms. The number of carboxylic acid groups (broad SMARTS) is 1. The highest BCUT2D eigenvalue weighted by molar-refractivity contribution is 5.76. The summed E-state index contributed by atoms with van der Waals surface area (Å²) < 4.78 is 12.7. The summed E-state index contributed by atoms with van der Waals surface area (Å²) in [5, 5.41) is 9.00. The molecule has 0 unspecified atom stereocenters. The second kappa shape index (κ2) is 8.71. The van der Waals surface area contributed by atoms with Crippen LogP contribution in [0, 0.1) is 56.2 Å². The molecule has 0 aromatic heterocycles. The predicted molar refractivity (Wildman–Crippen MR) is 151 cm³/mol. The number of carboxylic acids is 1. The Hall–Kier alpha value is -1.10. The first-order valence-electron chi connectivity index (χ1n) is 16.1. The van der Waals surface area contributed by atoms with Crippen LogP contribution in [-0.4, -0.2) is 35.9 Å². The van der Waals surface area contributed by atoms with Gasteiger partial charge in [-0.1, -0.05) is 48.5 Å². The van der Waals surface area contributed by atoms with Gasteiger partial charge in [0.25, 0.3) is 0 Å². The van der Waals surface area contributed by atoms with Gasteiger partial charge in [0, 0.05) is 5.41 Å².